The first kappa shape index (κ1) is 15.8. The summed E-state index contributed by atoms with van der Waals surface area (Å²) in [5.74, 6) is 0.456. The first-order valence-corrected chi connectivity index (χ1v) is 7.79. The molecule has 116 valence electrons. The number of nitrogens with one attached hydrogen (secondary N) is 1. The van der Waals surface area contributed by atoms with Crippen LogP contribution in [0.2, 0.25) is 0 Å². The first-order chi connectivity index (χ1) is 10.1. The summed E-state index contributed by atoms with van der Waals surface area (Å²) in [6.45, 7) is 5.57. The van der Waals surface area contributed by atoms with Gasteiger partial charge in [0.15, 0.2) is 0 Å². The molecule has 2 N–H and O–H groups in total. The van der Waals surface area contributed by atoms with Crippen LogP contribution < -0.4 is 5.32 Å². The second kappa shape index (κ2) is 6.94. The largest absolute Gasteiger partial charge is 0.396 e. The molecule has 1 saturated carbocycles. The normalized spacial score (nSPS) is 15.8. The number of aliphatic hydroxyl groups is 1. The topological polar surface area (TPSA) is 52.6 Å². The quantitative estimate of drug-likeness (QED) is 0.811. The Morgan fingerprint density at radius 3 is 2.52 bits per heavy atom. The lowest BCUT2D eigenvalue weighted by molar-refractivity contribution is 0.177. The number of hydrogen-bond donors (Lipinski definition) is 2. The average Bonchev–Trinajstić information content (AvgIpc) is 3.25. The van der Waals surface area contributed by atoms with Gasteiger partial charge < -0.3 is 15.3 Å². The predicted octanol–water partition coefficient (Wildman–Crippen LogP) is 2.77. The van der Waals surface area contributed by atoms with E-state index >= 15 is 0 Å². The van der Waals surface area contributed by atoms with Crippen molar-refractivity contribution in [2.45, 2.75) is 45.2 Å². The molecule has 0 aromatic heterocycles. The average molecular weight is 290 g/mol. The van der Waals surface area contributed by atoms with Crippen LogP contribution in [-0.2, 0) is 6.54 Å². The highest BCUT2D eigenvalue weighted by molar-refractivity contribution is 5.75. The van der Waals surface area contributed by atoms with Gasteiger partial charge in [-0.25, -0.2) is 4.79 Å². The number of benzene rings is 1. The van der Waals surface area contributed by atoms with Crippen LogP contribution in [-0.4, -0.2) is 34.7 Å². The van der Waals surface area contributed by atoms with Gasteiger partial charge in [-0.15, -0.1) is 0 Å². The van der Waals surface area contributed by atoms with Crippen LogP contribution in [0.15, 0.2) is 30.3 Å². The molecule has 1 fully saturated rings. The molecule has 2 amide bonds. The fraction of sp³-hybridized carbons (Fsp3) is 0.588. The van der Waals surface area contributed by atoms with E-state index in [4.69, 9.17) is 5.11 Å². The molecule has 1 aliphatic rings. The Morgan fingerprint density at radius 1 is 1.33 bits per heavy atom. The maximum Gasteiger partial charge on any atom is 0.318 e. The minimum Gasteiger partial charge on any atom is -0.396 e. The zero-order valence-corrected chi connectivity index (χ0v) is 13.0. The molecule has 0 saturated heterocycles. The molecule has 4 heteroatoms. The summed E-state index contributed by atoms with van der Waals surface area (Å²) >= 11 is 0. The van der Waals surface area contributed by atoms with Crippen LogP contribution in [0, 0.1) is 5.92 Å². The van der Waals surface area contributed by atoms with Crippen molar-refractivity contribution in [3.8, 4) is 0 Å². The smallest absolute Gasteiger partial charge is 0.318 e. The van der Waals surface area contributed by atoms with Crippen LogP contribution in [0.3, 0.4) is 0 Å². The Balaban J connectivity index is 1.99. The summed E-state index contributed by atoms with van der Waals surface area (Å²) in [6, 6.07) is 9.96. The third-order valence-electron chi connectivity index (χ3n) is 4.34. The highest BCUT2D eigenvalue weighted by atomic mass is 16.3. The standard InChI is InChI=1S/C17H26N2O2/c1-14(2)17(9-10-17)18-16(21)19(11-6-12-20)13-15-7-4-3-5-8-15/h3-5,7-8,14,20H,6,9-13H2,1-2H3,(H,18,21). The minimum absolute atomic E-state index is 0.00869. The van der Waals surface area contributed by atoms with E-state index in [1.54, 1.807) is 4.90 Å². The van der Waals surface area contributed by atoms with Gasteiger partial charge in [-0.2, -0.15) is 0 Å². The van der Waals surface area contributed by atoms with Gasteiger partial charge in [0, 0.05) is 25.2 Å². The Bertz CT molecular complexity index is 455. The Morgan fingerprint density at radius 2 is 2.00 bits per heavy atom. The maximum atomic E-state index is 12.5. The van der Waals surface area contributed by atoms with Gasteiger partial charge in [-0.3, -0.25) is 0 Å². The first-order valence-electron chi connectivity index (χ1n) is 7.79. The molecule has 0 radical (unpaired) electrons. The van der Waals surface area contributed by atoms with Crippen molar-refractivity contribution < 1.29 is 9.90 Å². The fourth-order valence-corrected chi connectivity index (χ4v) is 2.59. The van der Waals surface area contributed by atoms with E-state index in [0.29, 0.717) is 25.4 Å². The van der Waals surface area contributed by atoms with E-state index in [0.717, 1.165) is 18.4 Å². The van der Waals surface area contributed by atoms with Gasteiger partial charge in [0.2, 0.25) is 0 Å². The molecule has 1 aromatic rings. The number of carbonyl (C=O) groups is 1. The van der Waals surface area contributed by atoms with Crippen molar-refractivity contribution in [3.05, 3.63) is 35.9 Å². The van der Waals surface area contributed by atoms with Crippen LogP contribution in [0.4, 0.5) is 4.79 Å². The number of rotatable bonds is 7. The molecule has 0 bridgehead atoms. The molecule has 0 aliphatic heterocycles. The molecule has 1 aromatic carbocycles. The van der Waals surface area contributed by atoms with Gasteiger partial charge in [-0.1, -0.05) is 44.2 Å². The number of amides is 2. The molecular formula is C17H26N2O2. The molecule has 2 rings (SSSR count). The lowest BCUT2D eigenvalue weighted by Gasteiger charge is -2.28. The number of hydrogen-bond acceptors (Lipinski definition) is 2. The lowest BCUT2D eigenvalue weighted by Crippen LogP contribution is -2.48. The minimum atomic E-state index is -0.0153. The van der Waals surface area contributed by atoms with Gasteiger partial charge in [0.1, 0.15) is 0 Å². The monoisotopic (exact) mass is 290 g/mol. The molecule has 4 nitrogen and oxygen atoms in total. The van der Waals surface area contributed by atoms with Crippen LogP contribution in [0.1, 0.15) is 38.7 Å². The van der Waals surface area contributed by atoms with Gasteiger partial charge in [0.25, 0.3) is 0 Å². The van der Waals surface area contributed by atoms with Crippen LogP contribution >= 0.6 is 0 Å². The third-order valence-corrected chi connectivity index (χ3v) is 4.34. The highest BCUT2D eigenvalue weighted by Gasteiger charge is 2.47. The summed E-state index contributed by atoms with van der Waals surface area (Å²) < 4.78 is 0. The van der Waals surface area contributed by atoms with Crippen molar-refractivity contribution in [3.63, 3.8) is 0 Å². The van der Waals surface area contributed by atoms with Crippen LogP contribution in [0.5, 0.6) is 0 Å². The number of urea groups is 1. The SMILES string of the molecule is CC(C)C1(NC(=O)N(CCCO)Cc2ccccc2)CC1. The molecule has 0 atom stereocenters. The van der Waals surface area contributed by atoms with Crippen molar-refractivity contribution in [2.75, 3.05) is 13.2 Å². The molecular weight excluding hydrogens is 264 g/mol. The van der Waals surface area contributed by atoms with Crippen LogP contribution in [0.25, 0.3) is 0 Å². The molecule has 21 heavy (non-hydrogen) atoms. The zero-order chi connectivity index (χ0) is 15.3. The van der Waals surface area contributed by atoms with E-state index in [1.165, 1.54) is 0 Å². The third kappa shape index (κ3) is 4.21. The van der Waals surface area contributed by atoms with Gasteiger partial charge >= 0.3 is 6.03 Å². The van der Waals surface area contributed by atoms with E-state index in [9.17, 15) is 4.79 Å². The van der Waals surface area contributed by atoms with E-state index in [1.807, 2.05) is 30.3 Å². The second-order valence-corrected chi connectivity index (χ2v) is 6.23. The Hall–Kier alpha value is -1.55. The Kier molecular flexibility index (Phi) is 5.23. The van der Waals surface area contributed by atoms with Crippen molar-refractivity contribution in [1.82, 2.24) is 10.2 Å². The molecule has 1 aliphatic carbocycles. The van der Waals surface area contributed by atoms with Gasteiger partial charge in [0.05, 0.1) is 0 Å². The van der Waals surface area contributed by atoms with E-state index in [-0.39, 0.29) is 18.2 Å². The number of aliphatic hydroxyl groups excluding tert-OH is 1. The summed E-state index contributed by atoms with van der Waals surface area (Å²) in [4.78, 5) is 14.3. The zero-order valence-electron chi connectivity index (χ0n) is 13.0. The van der Waals surface area contributed by atoms with E-state index < -0.39 is 0 Å². The second-order valence-electron chi connectivity index (χ2n) is 6.23. The van der Waals surface area contributed by atoms with Crippen molar-refractivity contribution >= 4 is 6.03 Å². The summed E-state index contributed by atoms with van der Waals surface area (Å²) in [6.07, 6.45) is 2.74. The Labute approximate surface area is 127 Å². The summed E-state index contributed by atoms with van der Waals surface area (Å²) in [5, 5.41) is 12.2. The molecule has 0 heterocycles. The lowest BCUT2D eigenvalue weighted by atomic mass is 10.0. The fourth-order valence-electron chi connectivity index (χ4n) is 2.59. The number of carbonyl (C=O) groups excluding carboxylic acids is 1. The number of nitrogens with zero attached hydrogens (tertiary/aromatic N) is 1. The molecule has 0 spiro atoms. The summed E-state index contributed by atoms with van der Waals surface area (Å²) in [7, 11) is 0. The predicted molar refractivity (Wildman–Crippen MR) is 83.9 cm³/mol. The van der Waals surface area contributed by atoms with E-state index in [2.05, 4.69) is 19.2 Å². The maximum absolute atomic E-state index is 12.5. The molecule has 0 unspecified atom stereocenters. The van der Waals surface area contributed by atoms with Crippen molar-refractivity contribution in [2.24, 2.45) is 5.92 Å². The summed E-state index contributed by atoms with van der Waals surface area (Å²) in [5.41, 5.74) is 1.10. The highest BCUT2D eigenvalue weighted by Crippen LogP contribution is 2.42. The van der Waals surface area contributed by atoms with Crippen molar-refractivity contribution in [1.29, 1.82) is 0 Å². The van der Waals surface area contributed by atoms with Gasteiger partial charge in [-0.05, 0) is 30.7 Å².